The van der Waals surface area contributed by atoms with Crippen molar-refractivity contribution in [1.29, 1.82) is 0 Å². The Morgan fingerprint density at radius 1 is 1.26 bits per heavy atom. The van der Waals surface area contributed by atoms with E-state index in [9.17, 15) is 23.5 Å². The highest BCUT2D eigenvalue weighted by Gasteiger charge is 2.37. The smallest absolute Gasteiger partial charge is 0.281 e. The van der Waals surface area contributed by atoms with E-state index in [1.54, 1.807) is 0 Å². The van der Waals surface area contributed by atoms with Gasteiger partial charge in [-0.25, -0.2) is 13.8 Å². The van der Waals surface area contributed by atoms with Crippen LogP contribution in [0.5, 0.6) is 0 Å². The largest absolute Gasteiger partial charge is 0.388 e. The fourth-order valence-electron chi connectivity index (χ4n) is 6.01. The molecule has 0 spiro atoms. The van der Waals surface area contributed by atoms with Gasteiger partial charge in [-0.3, -0.25) is 18.8 Å². The summed E-state index contributed by atoms with van der Waals surface area (Å²) < 4.78 is 34.1. The minimum absolute atomic E-state index is 0.0416. The Labute approximate surface area is 259 Å². The Bertz CT molecular complexity index is 1730. The Hall–Kier alpha value is -2.97. The van der Waals surface area contributed by atoms with Crippen molar-refractivity contribution < 1.29 is 18.7 Å². The average molecular weight is 653 g/mol. The number of carbonyl (C=O) groups excluding carboxylic acids is 1. The number of likely N-dealkylation sites (tertiary alicyclic amines) is 1. The molecule has 3 aromatic heterocycles. The van der Waals surface area contributed by atoms with Crippen LogP contribution in [0.3, 0.4) is 0 Å². The van der Waals surface area contributed by atoms with E-state index in [1.807, 2.05) is 13.1 Å². The lowest BCUT2D eigenvalue weighted by Crippen LogP contribution is -2.50. The predicted octanol–water partition coefficient (Wildman–Crippen LogP) is 4.48. The zero-order valence-electron chi connectivity index (χ0n) is 23.1. The molecule has 43 heavy (non-hydrogen) atoms. The highest BCUT2D eigenvalue weighted by molar-refractivity contribution is 7.11. The number of aliphatic hydroxyl groups is 1. The molecule has 1 amide bonds. The second kappa shape index (κ2) is 11.8. The first-order chi connectivity index (χ1) is 20.6. The number of piperidine rings is 1. The molecule has 1 aliphatic heterocycles. The third-order valence-corrected chi connectivity index (χ3v) is 9.84. The van der Waals surface area contributed by atoms with Crippen molar-refractivity contribution in [2.24, 2.45) is 0 Å². The fraction of sp³-hybridized carbons (Fsp3) is 0.464. The summed E-state index contributed by atoms with van der Waals surface area (Å²) in [6, 6.07) is 4.22. The van der Waals surface area contributed by atoms with Gasteiger partial charge in [-0.15, -0.1) is 0 Å². The van der Waals surface area contributed by atoms with E-state index >= 15 is 0 Å². The standard InChI is InChI=1S/C28H29Cl2F2N7O3S/c1-33-19-3-2-15-10-17(18(29)11-16(15)19)25-23-24(36-43-25)27(41)38(14-34-23)13-28(42)5-8-37(9-6-28)22(40)12-20(26(31)32)39-7-4-21(30)35-39/h4,7,10-11,14,19-20,26,33,42H,2-3,5-6,8-9,12-13H2,1H3. The lowest BCUT2D eigenvalue weighted by molar-refractivity contribution is -0.138. The van der Waals surface area contributed by atoms with Gasteiger partial charge < -0.3 is 15.3 Å². The van der Waals surface area contributed by atoms with Crippen molar-refractivity contribution in [2.75, 3.05) is 20.1 Å². The molecule has 2 aliphatic rings. The predicted molar refractivity (Wildman–Crippen MR) is 160 cm³/mol. The molecule has 6 rings (SSSR count). The highest BCUT2D eigenvalue weighted by Crippen LogP contribution is 2.41. The van der Waals surface area contributed by atoms with Crippen LogP contribution in [0, 0.1) is 0 Å². The number of alkyl halides is 2. The number of halogens is 4. The number of nitrogens with one attached hydrogen (secondary N) is 1. The molecular formula is C28H29Cl2F2N7O3S. The summed E-state index contributed by atoms with van der Waals surface area (Å²) >= 11 is 13.6. The number of rotatable bonds is 8. The SMILES string of the molecule is CNC1CCc2cc(-c3snc4c(=O)n(CC5(O)CCN(C(=O)CC(C(F)F)n6ccc(Cl)n6)CC5)cnc34)c(Cl)cc21. The van der Waals surface area contributed by atoms with Crippen LogP contribution in [0.2, 0.25) is 10.2 Å². The molecular weight excluding hydrogens is 623 g/mol. The number of carbonyl (C=O) groups is 1. The molecule has 0 bridgehead atoms. The topological polar surface area (TPSA) is 118 Å². The summed E-state index contributed by atoms with van der Waals surface area (Å²) in [5, 5.41) is 19.1. The van der Waals surface area contributed by atoms with Crippen molar-refractivity contribution in [3.63, 3.8) is 0 Å². The minimum atomic E-state index is -2.81. The van der Waals surface area contributed by atoms with E-state index in [0.717, 1.165) is 34.6 Å². The first-order valence-corrected chi connectivity index (χ1v) is 15.4. The first-order valence-electron chi connectivity index (χ1n) is 13.9. The van der Waals surface area contributed by atoms with Crippen LogP contribution in [0.25, 0.3) is 21.5 Å². The lowest BCUT2D eigenvalue weighted by Gasteiger charge is -2.38. The molecule has 4 aromatic rings. The second-order valence-corrected chi connectivity index (χ2v) is 12.7. The summed E-state index contributed by atoms with van der Waals surface area (Å²) in [6.45, 7) is 0.267. The molecule has 1 fully saturated rings. The Morgan fingerprint density at radius 2 is 2.02 bits per heavy atom. The molecule has 0 saturated carbocycles. The third-order valence-electron chi connectivity index (χ3n) is 8.46. The quantitative estimate of drug-likeness (QED) is 0.288. The maximum atomic E-state index is 13.7. The molecule has 2 atom stereocenters. The lowest BCUT2D eigenvalue weighted by atomic mass is 9.91. The Kier molecular flexibility index (Phi) is 8.28. The molecule has 4 heterocycles. The summed E-state index contributed by atoms with van der Waals surface area (Å²) in [7, 11) is 1.93. The van der Waals surface area contributed by atoms with E-state index in [-0.39, 0.29) is 54.7 Å². The molecule has 2 unspecified atom stereocenters. The van der Waals surface area contributed by atoms with Gasteiger partial charge in [0.2, 0.25) is 5.91 Å². The van der Waals surface area contributed by atoms with Crippen LogP contribution in [0.15, 0.2) is 35.5 Å². The molecule has 1 aliphatic carbocycles. The van der Waals surface area contributed by atoms with Crippen LogP contribution >= 0.6 is 34.7 Å². The van der Waals surface area contributed by atoms with Gasteiger partial charge in [0.15, 0.2) is 10.7 Å². The summed E-state index contributed by atoms with van der Waals surface area (Å²) in [4.78, 5) is 33.0. The van der Waals surface area contributed by atoms with Crippen molar-refractivity contribution in [1.82, 2.24) is 33.9 Å². The zero-order chi connectivity index (χ0) is 30.5. The van der Waals surface area contributed by atoms with Crippen molar-refractivity contribution in [3.8, 4) is 10.4 Å². The number of benzene rings is 1. The van der Waals surface area contributed by atoms with Crippen molar-refractivity contribution >= 4 is 51.7 Å². The van der Waals surface area contributed by atoms with Gasteiger partial charge in [-0.1, -0.05) is 23.2 Å². The highest BCUT2D eigenvalue weighted by atomic mass is 35.5. The van der Waals surface area contributed by atoms with E-state index in [4.69, 9.17) is 23.2 Å². The number of amides is 1. The van der Waals surface area contributed by atoms with Crippen LogP contribution in [-0.2, 0) is 17.8 Å². The van der Waals surface area contributed by atoms with E-state index in [0.29, 0.717) is 15.4 Å². The van der Waals surface area contributed by atoms with E-state index < -0.39 is 30.4 Å². The van der Waals surface area contributed by atoms with Gasteiger partial charge in [0.25, 0.3) is 12.0 Å². The maximum Gasteiger partial charge on any atom is 0.281 e. The van der Waals surface area contributed by atoms with Crippen molar-refractivity contribution in [2.45, 2.75) is 62.8 Å². The van der Waals surface area contributed by atoms with Crippen LogP contribution in [-0.4, -0.2) is 71.8 Å². The molecule has 15 heteroatoms. The summed E-state index contributed by atoms with van der Waals surface area (Å²) in [5.41, 5.74) is 2.14. The van der Waals surface area contributed by atoms with E-state index in [1.165, 1.54) is 39.2 Å². The number of aryl methyl sites for hydroxylation is 1. The third kappa shape index (κ3) is 5.80. The Morgan fingerprint density at radius 3 is 2.70 bits per heavy atom. The number of fused-ring (bicyclic) bond motifs is 2. The number of hydrogen-bond acceptors (Lipinski definition) is 8. The van der Waals surface area contributed by atoms with Gasteiger partial charge in [-0.2, -0.15) is 9.47 Å². The second-order valence-electron chi connectivity index (χ2n) is 11.1. The van der Waals surface area contributed by atoms with Gasteiger partial charge in [0, 0.05) is 35.9 Å². The zero-order valence-corrected chi connectivity index (χ0v) is 25.5. The van der Waals surface area contributed by atoms with Gasteiger partial charge >= 0.3 is 0 Å². The van der Waals surface area contributed by atoms with Crippen LogP contribution < -0.4 is 10.9 Å². The maximum absolute atomic E-state index is 13.7. The molecule has 0 radical (unpaired) electrons. The Balaban J connectivity index is 1.15. The van der Waals surface area contributed by atoms with Crippen molar-refractivity contribution in [3.05, 3.63) is 62.4 Å². The van der Waals surface area contributed by atoms with Crippen LogP contribution in [0.1, 0.15) is 48.9 Å². The van der Waals surface area contributed by atoms with Gasteiger partial charge in [0.1, 0.15) is 11.6 Å². The minimum Gasteiger partial charge on any atom is -0.388 e. The molecule has 10 nitrogen and oxygen atoms in total. The molecule has 2 N–H and O–H groups in total. The number of hydrogen-bond donors (Lipinski definition) is 2. The van der Waals surface area contributed by atoms with Gasteiger partial charge in [0.05, 0.1) is 29.8 Å². The summed E-state index contributed by atoms with van der Waals surface area (Å²) in [5.74, 6) is -0.471. The number of aromatic nitrogens is 5. The monoisotopic (exact) mass is 651 g/mol. The average Bonchev–Trinajstić information content (AvgIpc) is 3.71. The summed E-state index contributed by atoms with van der Waals surface area (Å²) in [6.07, 6.45) is 1.69. The van der Waals surface area contributed by atoms with E-state index in [2.05, 4.69) is 25.8 Å². The first kappa shape index (κ1) is 30.1. The fourth-order valence-corrected chi connectivity index (χ4v) is 7.32. The molecule has 1 aromatic carbocycles. The van der Waals surface area contributed by atoms with Crippen LogP contribution in [0.4, 0.5) is 8.78 Å². The van der Waals surface area contributed by atoms with Gasteiger partial charge in [-0.05, 0) is 73.6 Å². The number of nitrogens with zero attached hydrogens (tertiary/aromatic N) is 6. The molecule has 1 saturated heterocycles. The molecule has 228 valence electrons. The normalized spacial score (nSPS) is 18.9.